The molecule has 2 aliphatic rings. The Bertz CT molecular complexity index is 434. The molecule has 0 aromatic rings. The lowest BCUT2D eigenvalue weighted by molar-refractivity contribution is -0.725. The molecular weight excluding hydrogens is 356 g/mol. The number of aliphatic carboxylic acids is 1. The van der Waals surface area contributed by atoms with Gasteiger partial charge in [0.2, 0.25) is 0 Å². The molecule has 2 fully saturated rings. The highest BCUT2D eigenvalue weighted by atomic mass is 16.6. The van der Waals surface area contributed by atoms with Crippen molar-refractivity contribution >= 4 is 12.1 Å². The number of carboxylic acids is 1. The molecule has 1 amide bonds. The van der Waals surface area contributed by atoms with Gasteiger partial charge in [0.15, 0.2) is 0 Å². The molecular formula is C22H42N2O4. The number of hydrogen-bond acceptors (Lipinski definition) is 4. The molecule has 0 bridgehead atoms. The number of carbonyl (C=O) groups excluding carboxylic acids is 2. The van der Waals surface area contributed by atoms with Crippen molar-refractivity contribution in [3.8, 4) is 0 Å². The van der Waals surface area contributed by atoms with Crippen molar-refractivity contribution in [2.45, 2.75) is 128 Å². The maximum Gasteiger partial charge on any atom is 0.408 e. The highest BCUT2D eigenvalue weighted by Gasteiger charge is 2.23. The first-order valence-corrected chi connectivity index (χ1v) is 11.3. The Labute approximate surface area is 171 Å². The Balaban J connectivity index is 0.000000281. The van der Waals surface area contributed by atoms with E-state index in [0.717, 1.165) is 12.1 Å². The summed E-state index contributed by atoms with van der Waals surface area (Å²) in [4.78, 5) is 21.8. The van der Waals surface area contributed by atoms with Crippen molar-refractivity contribution in [3.63, 3.8) is 0 Å². The van der Waals surface area contributed by atoms with Gasteiger partial charge in [-0.25, -0.2) is 4.79 Å². The zero-order valence-corrected chi connectivity index (χ0v) is 18.4. The Morgan fingerprint density at radius 2 is 1.46 bits per heavy atom. The number of nitrogens with one attached hydrogen (secondary N) is 1. The van der Waals surface area contributed by atoms with Crippen molar-refractivity contribution in [2.75, 3.05) is 0 Å². The number of ether oxygens (including phenoxy) is 1. The molecule has 0 aromatic heterocycles. The zero-order valence-electron chi connectivity index (χ0n) is 18.4. The van der Waals surface area contributed by atoms with Gasteiger partial charge in [-0.15, -0.1) is 0 Å². The van der Waals surface area contributed by atoms with E-state index in [-0.39, 0.29) is 0 Å². The smallest absolute Gasteiger partial charge is 0.408 e. The number of nitrogens with two attached hydrogens (primary N) is 1. The first-order valence-electron chi connectivity index (χ1n) is 11.3. The molecule has 0 aromatic carbocycles. The molecule has 0 saturated heterocycles. The van der Waals surface area contributed by atoms with Crippen molar-refractivity contribution in [2.24, 2.45) is 0 Å². The van der Waals surface area contributed by atoms with E-state index in [9.17, 15) is 14.7 Å². The average Bonchev–Trinajstić information content (AvgIpc) is 2.62. The van der Waals surface area contributed by atoms with E-state index in [2.05, 4.69) is 10.6 Å². The molecule has 2 aliphatic carbocycles. The molecule has 0 unspecified atom stereocenters. The van der Waals surface area contributed by atoms with Crippen LogP contribution in [-0.2, 0) is 9.53 Å². The Hall–Kier alpha value is -1.30. The summed E-state index contributed by atoms with van der Waals surface area (Å²) in [6.07, 6.45) is 15.2. The van der Waals surface area contributed by atoms with Crippen LogP contribution in [0.1, 0.15) is 105 Å². The molecule has 164 valence electrons. The molecule has 2 saturated carbocycles. The van der Waals surface area contributed by atoms with Gasteiger partial charge >= 0.3 is 6.09 Å². The normalized spacial score (nSPS) is 19.9. The monoisotopic (exact) mass is 398 g/mol. The van der Waals surface area contributed by atoms with Crippen molar-refractivity contribution in [1.82, 2.24) is 5.32 Å². The minimum Gasteiger partial charge on any atom is -0.548 e. The lowest BCUT2D eigenvalue weighted by atomic mass is 9.91. The van der Waals surface area contributed by atoms with Gasteiger partial charge in [0.05, 0.1) is 24.1 Å². The molecule has 0 aliphatic heterocycles. The number of quaternary nitrogens is 1. The van der Waals surface area contributed by atoms with E-state index in [1.54, 1.807) is 20.8 Å². The molecule has 0 spiro atoms. The summed E-state index contributed by atoms with van der Waals surface area (Å²) in [7, 11) is 0. The number of carboxylic acid groups (broad SMARTS) is 1. The second-order valence-corrected chi connectivity index (χ2v) is 9.30. The van der Waals surface area contributed by atoms with Crippen LogP contribution in [0.4, 0.5) is 4.79 Å². The minimum absolute atomic E-state index is 0.335. The van der Waals surface area contributed by atoms with Crippen LogP contribution in [0.25, 0.3) is 0 Å². The van der Waals surface area contributed by atoms with E-state index in [1.807, 2.05) is 6.92 Å². The van der Waals surface area contributed by atoms with E-state index in [0.29, 0.717) is 12.8 Å². The lowest BCUT2D eigenvalue weighted by Crippen LogP contribution is -2.95. The van der Waals surface area contributed by atoms with Crippen LogP contribution in [0.5, 0.6) is 0 Å². The molecule has 2 rings (SSSR count). The van der Waals surface area contributed by atoms with Gasteiger partial charge in [0.25, 0.3) is 0 Å². The van der Waals surface area contributed by atoms with Crippen molar-refractivity contribution in [1.29, 1.82) is 0 Å². The summed E-state index contributed by atoms with van der Waals surface area (Å²) in [5, 5.41) is 15.6. The molecule has 0 heterocycles. The highest BCUT2D eigenvalue weighted by molar-refractivity contribution is 5.78. The van der Waals surface area contributed by atoms with Gasteiger partial charge in [0, 0.05) is 0 Å². The first kappa shape index (κ1) is 24.7. The maximum atomic E-state index is 11.2. The first-order chi connectivity index (χ1) is 13.2. The topological polar surface area (TPSA) is 95.1 Å². The van der Waals surface area contributed by atoms with Crippen LogP contribution in [0.15, 0.2) is 0 Å². The summed E-state index contributed by atoms with van der Waals surface area (Å²) >= 11 is 0. The van der Waals surface area contributed by atoms with Crippen LogP contribution in [0.3, 0.4) is 0 Å². The van der Waals surface area contributed by atoms with Crippen LogP contribution in [-0.4, -0.2) is 35.8 Å². The number of amides is 1. The zero-order chi connectivity index (χ0) is 21.0. The third-order valence-corrected chi connectivity index (χ3v) is 5.40. The fourth-order valence-electron chi connectivity index (χ4n) is 4.03. The summed E-state index contributed by atoms with van der Waals surface area (Å²) in [6, 6.07) is 1.01. The largest absolute Gasteiger partial charge is 0.548 e. The van der Waals surface area contributed by atoms with Gasteiger partial charge in [-0.2, -0.15) is 0 Å². The summed E-state index contributed by atoms with van der Waals surface area (Å²) in [6.45, 7) is 6.95. The van der Waals surface area contributed by atoms with E-state index >= 15 is 0 Å². The number of hydrogen-bond donors (Lipinski definition) is 2. The predicted molar refractivity (Wildman–Crippen MR) is 109 cm³/mol. The van der Waals surface area contributed by atoms with E-state index < -0.39 is 23.7 Å². The van der Waals surface area contributed by atoms with Gasteiger partial charge in [-0.3, -0.25) is 0 Å². The Morgan fingerprint density at radius 1 is 1.00 bits per heavy atom. The lowest BCUT2D eigenvalue weighted by Gasteiger charge is -2.27. The molecule has 1 atom stereocenters. The molecule has 0 radical (unpaired) electrons. The second kappa shape index (κ2) is 13.0. The van der Waals surface area contributed by atoms with Gasteiger partial charge in [-0.1, -0.05) is 26.2 Å². The van der Waals surface area contributed by atoms with Crippen LogP contribution < -0.4 is 15.7 Å². The molecule has 28 heavy (non-hydrogen) atoms. The maximum absolute atomic E-state index is 11.2. The summed E-state index contributed by atoms with van der Waals surface area (Å²) in [5.41, 5.74) is -0.632. The standard InChI is InChI=1S/C12H23N.C10H19NO4/c1-3-7-11(8-4-1)13-12-9-5-2-6-10-12;1-5-6-7(8(12)13)11-9(14)15-10(2,3)4/h11-13H,1-10H2;7H,5-6H2,1-4H3,(H,11,14)(H,12,13)/t;7-/m.0/s1. The van der Waals surface area contributed by atoms with Crippen molar-refractivity contribution < 1.29 is 24.7 Å². The fraction of sp³-hybridized carbons (Fsp3) is 0.909. The second-order valence-electron chi connectivity index (χ2n) is 9.30. The Kier molecular flexibility index (Phi) is 11.5. The molecule has 6 nitrogen and oxygen atoms in total. The van der Waals surface area contributed by atoms with Crippen LogP contribution in [0, 0.1) is 0 Å². The predicted octanol–water partition coefficient (Wildman–Crippen LogP) is 2.64. The third kappa shape index (κ3) is 11.5. The van der Waals surface area contributed by atoms with Gasteiger partial charge in [-0.05, 0) is 78.6 Å². The highest BCUT2D eigenvalue weighted by Crippen LogP contribution is 2.18. The summed E-state index contributed by atoms with van der Waals surface area (Å²) in [5.74, 6) is -1.29. The van der Waals surface area contributed by atoms with Crippen molar-refractivity contribution in [3.05, 3.63) is 0 Å². The Morgan fingerprint density at radius 3 is 1.82 bits per heavy atom. The van der Waals surface area contributed by atoms with E-state index in [4.69, 9.17) is 4.74 Å². The minimum atomic E-state index is -1.29. The summed E-state index contributed by atoms with van der Waals surface area (Å²) < 4.78 is 4.92. The SMILES string of the molecule is C1CCC([NH2+]C2CCCCC2)CC1.CCC[C@H](NC(=O)OC(C)(C)C)C(=O)[O-]. The van der Waals surface area contributed by atoms with Gasteiger partial charge in [0.1, 0.15) is 5.60 Å². The average molecular weight is 399 g/mol. The van der Waals surface area contributed by atoms with E-state index in [1.165, 1.54) is 64.2 Å². The number of alkyl carbamates (subject to hydrolysis) is 1. The third-order valence-electron chi connectivity index (χ3n) is 5.40. The molecule has 6 heteroatoms. The van der Waals surface area contributed by atoms with Gasteiger partial charge < -0.3 is 25.3 Å². The van der Waals surface area contributed by atoms with Crippen LogP contribution in [0.2, 0.25) is 0 Å². The van der Waals surface area contributed by atoms with Crippen LogP contribution >= 0.6 is 0 Å². The molecule has 3 N–H and O–H groups in total. The number of rotatable bonds is 6. The quantitative estimate of drug-likeness (QED) is 0.719. The fourth-order valence-corrected chi connectivity index (χ4v) is 4.03. The number of carbonyl (C=O) groups is 2.